The van der Waals surface area contributed by atoms with Crippen molar-refractivity contribution in [1.82, 2.24) is 5.32 Å². The Morgan fingerprint density at radius 3 is 1.83 bits per heavy atom. The number of amidine groups is 1. The molecule has 1 amide bonds. The van der Waals surface area contributed by atoms with E-state index in [9.17, 15) is 9.59 Å². The normalized spacial score (nSPS) is 18.1. The smallest absolute Gasteiger partial charge is 0.293 e. The predicted molar refractivity (Wildman–Crippen MR) is 94.3 cm³/mol. The first-order valence-electron chi connectivity index (χ1n) is 7.65. The van der Waals surface area contributed by atoms with Crippen LogP contribution in [0.15, 0.2) is 58.5 Å². The van der Waals surface area contributed by atoms with E-state index in [0.29, 0.717) is 17.2 Å². The van der Waals surface area contributed by atoms with Gasteiger partial charge in [0.2, 0.25) is 5.78 Å². The van der Waals surface area contributed by atoms with E-state index in [2.05, 4.69) is 15.3 Å². The lowest BCUT2D eigenvalue weighted by Crippen LogP contribution is -2.47. The molecule has 0 radical (unpaired) electrons. The van der Waals surface area contributed by atoms with Crippen molar-refractivity contribution in [2.45, 2.75) is 20.3 Å². The molecule has 0 aliphatic carbocycles. The van der Waals surface area contributed by atoms with Crippen molar-refractivity contribution < 1.29 is 9.59 Å². The molecule has 2 aromatic carbocycles. The Morgan fingerprint density at radius 2 is 1.29 bits per heavy atom. The number of ketones is 1. The summed E-state index contributed by atoms with van der Waals surface area (Å²) in [5, 5.41) is 2.54. The van der Waals surface area contributed by atoms with E-state index in [4.69, 9.17) is 0 Å². The average molecular weight is 319 g/mol. The lowest BCUT2D eigenvalue weighted by molar-refractivity contribution is -0.136. The molecule has 1 aliphatic rings. The molecular formula is C19H17N3O2. The summed E-state index contributed by atoms with van der Waals surface area (Å²) in [5.41, 5.74) is 4.12. The average Bonchev–Trinajstić information content (AvgIpc) is 2.56. The summed E-state index contributed by atoms with van der Waals surface area (Å²) < 4.78 is 0. The minimum atomic E-state index is -0.649. The standard InChI is InChI=1S/C19H17N3O2/c1-12-3-7-14(8-4-12)20-16-11-17(23)19(24)22-18(16)21-15-9-5-13(2)6-10-15/h3-10H,11H2,1-2H3,(H,21,22,24). The van der Waals surface area contributed by atoms with Crippen LogP contribution in [0.5, 0.6) is 0 Å². The van der Waals surface area contributed by atoms with E-state index in [0.717, 1.165) is 16.8 Å². The molecule has 1 saturated heterocycles. The molecule has 1 aliphatic heterocycles. The van der Waals surface area contributed by atoms with Crippen LogP contribution in [0.3, 0.4) is 0 Å². The van der Waals surface area contributed by atoms with Gasteiger partial charge in [-0.1, -0.05) is 35.4 Å². The molecule has 0 atom stereocenters. The third-order valence-corrected chi connectivity index (χ3v) is 3.66. The number of aryl methyl sites for hydroxylation is 2. The second-order valence-corrected chi connectivity index (χ2v) is 5.74. The van der Waals surface area contributed by atoms with Crippen LogP contribution in [0.25, 0.3) is 0 Å². The summed E-state index contributed by atoms with van der Waals surface area (Å²) in [7, 11) is 0. The number of piperidine rings is 1. The van der Waals surface area contributed by atoms with Crippen molar-refractivity contribution in [3.05, 3.63) is 59.7 Å². The van der Waals surface area contributed by atoms with Crippen LogP contribution in [-0.4, -0.2) is 23.2 Å². The number of aliphatic imine (C=N–C) groups is 2. The first-order chi connectivity index (χ1) is 11.5. The highest BCUT2D eigenvalue weighted by Crippen LogP contribution is 2.17. The summed E-state index contributed by atoms with van der Waals surface area (Å²) >= 11 is 0. The molecule has 0 bridgehead atoms. The largest absolute Gasteiger partial charge is 0.302 e. The van der Waals surface area contributed by atoms with E-state index >= 15 is 0 Å². The Bertz CT molecular complexity index is 774. The second-order valence-electron chi connectivity index (χ2n) is 5.74. The molecule has 24 heavy (non-hydrogen) atoms. The maximum atomic E-state index is 11.7. The van der Waals surface area contributed by atoms with Gasteiger partial charge in [0.25, 0.3) is 5.91 Å². The number of hydrogen-bond donors (Lipinski definition) is 1. The number of carbonyl (C=O) groups is 2. The van der Waals surface area contributed by atoms with Crippen molar-refractivity contribution in [3.8, 4) is 0 Å². The number of benzene rings is 2. The van der Waals surface area contributed by atoms with Gasteiger partial charge in [-0.3, -0.25) is 9.59 Å². The van der Waals surface area contributed by atoms with Gasteiger partial charge in [-0.25, -0.2) is 9.98 Å². The zero-order chi connectivity index (χ0) is 17.1. The fraction of sp³-hybridized carbons (Fsp3) is 0.158. The van der Waals surface area contributed by atoms with Crippen LogP contribution >= 0.6 is 0 Å². The summed E-state index contributed by atoms with van der Waals surface area (Å²) in [6.45, 7) is 3.98. The predicted octanol–water partition coefficient (Wildman–Crippen LogP) is 3.20. The molecule has 0 saturated carbocycles. The third kappa shape index (κ3) is 3.63. The van der Waals surface area contributed by atoms with Gasteiger partial charge in [-0.05, 0) is 38.1 Å². The third-order valence-electron chi connectivity index (χ3n) is 3.66. The topological polar surface area (TPSA) is 70.9 Å². The van der Waals surface area contributed by atoms with Gasteiger partial charge in [0.1, 0.15) is 0 Å². The van der Waals surface area contributed by atoms with Crippen LogP contribution in [0.1, 0.15) is 17.5 Å². The quantitative estimate of drug-likeness (QED) is 0.864. The maximum absolute atomic E-state index is 11.7. The number of amides is 1. The van der Waals surface area contributed by atoms with E-state index < -0.39 is 11.7 Å². The molecule has 0 spiro atoms. The van der Waals surface area contributed by atoms with Gasteiger partial charge < -0.3 is 5.32 Å². The SMILES string of the molecule is Cc1ccc(N=C2CC(=O)C(=O)NC2=Nc2ccc(C)cc2)cc1. The highest BCUT2D eigenvalue weighted by Gasteiger charge is 2.28. The Morgan fingerprint density at radius 1 is 0.792 bits per heavy atom. The Kier molecular flexibility index (Phi) is 4.33. The summed E-state index contributed by atoms with van der Waals surface area (Å²) in [6, 6.07) is 15.2. The fourth-order valence-corrected chi connectivity index (χ4v) is 2.27. The molecule has 120 valence electrons. The fourth-order valence-electron chi connectivity index (χ4n) is 2.27. The van der Waals surface area contributed by atoms with Crippen molar-refractivity contribution >= 4 is 34.6 Å². The minimum Gasteiger partial charge on any atom is -0.302 e. The molecule has 5 heteroatoms. The second kappa shape index (κ2) is 6.58. The molecule has 0 unspecified atom stereocenters. The molecule has 5 nitrogen and oxygen atoms in total. The molecule has 1 heterocycles. The monoisotopic (exact) mass is 319 g/mol. The summed E-state index contributed by atoms with van der Waals surface area (Å²) in [5.74, 6) is -0.837. The van der Waals surface area contributed by atoms with Gasteiger partial charge in [0.05, 0.1) is 23.5 Å². The lowest BCUT2D eigenvalue weighted by Gasteiger charge is -2.16. The molecule has 3 rings (SSSR count). The molecule has 2 aromatic rings. The summed E-state index contributed by atoms with van der Waals surface area (Å²) in [6.07, 6.45) is -0.0512. The number of hydrogen-bond acceptors (Lipinski definition) is 4. The number of nitrogens with zero attached hydrogens (tertiary/aromatic N) is 2. The lowest BCUT2D eigenvalue weighted by atomic mass is 10.1. The van der Waals surface area contributed by atoms with Crippen molar-refractivity contribution in [2.24, 2.45) is 9.98 Å². The number of Topliss-reactive ketones (excluding diaryl/α,β-unsaturated/α-hetero) is 1. The number of nitrogens with one attached hydrogen (secondary N) is 1. The molecule has 1 fully saturated rings. The van der Waals surface area contributed by atoms with Crippen LogP contribution < -0.4 is 5.32 Å². The first-order valence-corrected chi connectivity index (χ1v) is 7.65. The van der Waals surface area contributed by atoms with E-state index in [1.54, 1.807) is 0 Å². The van der Waals surface area contributed by atoms with Crippen molar-refractivity contribution in [1.29, 1.82) is 0 Å². The van der Waals surface area contributed by atoms with Crippen LogP contribution in [-0.2, 0) is 9.59 Å². The van der Waals surface area contributed by atoms with E-state index in [1.165, 1.54) is 0 Å². The van der Waals surface area contributed by atoms with Crippen molar-refractivity contribution in [3.63, 3.8) is 0 Å². The van der Waals surface area contributed by atoms with Gasteiger partial charge in [0.15, 0.2) is 5.84 Å². The molecule has 1 N–H and O–H groups in total. The van der Waals surface area contributed by atoms with Crippen LogP contribution in [0.2, 0.25) is 0 Å². The van der Waals surface area contributed by atoms with Crippen LogP contribution in [0.4, 0.5) is 11.4 Å². The Hall–Kier alpha value is -3.08. The van der Waals surface area contributed by atoms with Gasteiger partial charge >= 0.3 is 0 Å². The highest BCUT2D eigenvalue weighted by atomic mass is 16.2. The zero-order valence-corrected chi connectivity index (χ0v) is 13.5. The van der Waals surface area contributed by atoms with E-state index in [1.807, 2.05) is 62.4 Å². The van der Waals surface area contributed by atoms with Gasteiger partial charge in [0, 0.05) is 0 Å². The maximum Gasteiger partial charge on any atom is 0.293 e. The van der Waals surface area contributed by atoms with E-state index in [-0.39, 0.29) is 6.42 Å². The Labute approximate surface area is 140 Å². The number of carbonyl (C=O) groups excluding carboxylic acids is 2. The summed E-state index contributed by atoms with van der Waals surface area (Å²) in [4.78, 5) is 32.4. The first kappa shape index (κ1) is 15.8. The van der Waals surface area contributed by atoms with Gasteiger partial charge in [-0.15, -0.1) is 0 Å². The molecular weight excluding hydrogens is 302 g/mol. The highest BCUT2D eigenvalue weighted by molar-refractivity contribution is 6.59. The Balaban J connectivity index is 1.99. The number of rotatable bonds is 2. The van der Waals surface area contributed by atoms with Gasteiger partial charge in [-0.2, -0.15) is 0 Å². The van der Waals surface area contributed by atoms with Crippen molar-refractivity contribution in [2.75, 3.05) is 0 Å². The minimum absolute atomic E-state index is 0.0512. The molecule has 0 aromatic heterocycles. The zero-order valence-electron chi connectivity index (χ0n) is 13.5. The van der Waals surface area contributed by atoms with Crippen LogP contribution in [0, 0.1) is 13.8 Å².